The molecule has 0 heterocycles. The molecule has 4 heteroatoms. The first kappa shape index (κ1) is 51.6. The Morgan fingerprint density at radius 3 is 0.469 bits per heavy atom. The van der Waals surface area contributed by atoms with E-state index in [9.17, 15) is 20.4 Å². The van der Waals surface area contributed by atoms with Crippen molar-refractivity contribution in [1.29, 1.82) is 0 Å². The second-order valence-electron chi connectivity index (χ2n) is 20.8. The van der Waals surface area contributed by atoms with Crippen LogP contribution in [0.2, 0.25) is 0 Å². The number of benzene rings is 12. The number of rotatable bonds is 16. The molecular weight excluding hydrogens is 989 g/mol. The average Bonchev–Trinajstić information content (AvgIpc) is 3.61. The summed E-state index contributed by atoms with van der Waals surface area (Å²) in [6.07, 6.45) is 2.05. The van der Waals surface area contributed by atoms with Crippen molar-refractivity contribution in [2.75, 3.05) is 0 Å². The van der Waals surface area contributed by atoms with Crippen LogP contribution in [0.3, 0.4) is 0 Å². The van der Waals surface area contributed by atoms with E-state index in [0.717, 1.165) is 111 Å². The maximum atomic E-state index is 12.4. The van der Waals surface area contributed by atoms with Gasteiger partial charge >= 0.3 is 0 Å². The summed E-state index contributed by atoms with van der Waals surface area (Å²) in [6.45, 7) is 0. The van der Waals surface area contributed by atoms with E-state index in [4.69, 9.17) is 0 Å². The van der Waals surface area contributed by atoms with E-state index < -0.39 is 0 Å². The Hall–Kier alpha value is -10.2. The number of hydrogen-bond donors (Lipinski definition) is 4. The number of aromatic hydroxyl groups is 4. The third-order valence-corrected chi connectivity index (χ3v) is 15.8. The summed E-state index contributed by atoms with van der Waals surface area (Å²) in [5.74, 6) is 0.343. The van der Waals surface area contributed by atoms with Crippen molar-refractivity contribution in [3.05, 3.63) is 313 Å². The molecule has 0 amide bonds. The fourth-order valence-corrected chi connectivity index (χ4v) is 11.7. The molecule has 0 bridgehead atoms. The first-order valence-corrected chi connectivity index (χ1v) is 27.8. The molecule has 12 rings (SSSR count). The van der Waals surface area contributed by atoms with Gasteiger partial charge < -0.3 is 20.4 Å². The average molecular weight is 1050 g/mol. The van der Waals surface area contributed by atoms with E-state index in [2.05, 4.69) is 48.5 Å². The van der Waals surface area contributed by atoms with Crippen molar-refractivity contribution in [3.8, 4) is 112 Å². The highest BCUT2D eigenvalue weighted by Gasteiger charge is 2.27. The van der Waals surface area contributed by atoms with E-state index in [1.807, 2.05) is 243 Å². The first-order valence-electron chi connectivity index (χ1n) is 27.8. The summed E-state index contributed by atoms with van der Waals surface area (Å²) in [5, 5.41) is 49.5. The van der Waals surface area contributed by atoms with Crippen LogP contribution in [0.25, 0.3) is 89.0 Å². The minimum absolute atomic E-state index is 0.210. The Labute approximate surface area is 474 Å². The van der Waals surface area contributed by atoms with Crippen LogP contribution in [0.4, 0.5) is 0 Å². The van der Waals surface area contributed by atoms with E-state index in [1.54, 1.807) is 0 Å². The van der Waals surface area contributed by atoms with Crippen LogP contribution in [-0.4, -0.2) is 20.4 Å². The summed E-state index contributed by atoms with van der Waals surface area (Å²) in [7, 11) is 0. The molecule has 4 N–H and O–H groups in total. The Bertz CT molecular complexity index is 3300. The third kappa shape index (κ3) is 10.9. The zero-order valence-electron chi connectivity index (χ0n) is 44.8. The maximum absolute atomic E-state index is 12.4. The normalized spacial score (nSPS) is 11.3. The van der Waals surface area contributed by atoms with Gasteiger partial charge in [0.2, 0.25) is 0 Å². The van der Waals surface area contributed by atoms with Crippen LogP contribution >= 0.6 is 0 Å². The molecule has 0 aromatic heterocycles. The van der Waals surface area contributed by atoms with Crippen molar-refractivity contribution in [2.24, 2.45) is 0 Å². The maximum Gasteiger partial charge on any atom is 0.131 e. The van der Waals surface area contributed by atoms with Gasteiger partial charge in [-0.3, -0.25) is 0 Å². The minimum Gasteiger partial charge on any atom is -0.507 e. The Morgan fingerprint density at radius 2 is 0.333 bits per heavy atom. The van der Waals surface area contributed by atoms with Gasteiger partial charge in [0.25, 0.3) is 0 Å². The van der Waals surface area contributed by atoms with Crippen LogP contribution in [0, 0.1) is 0 Å². The van der Waals surface area contributed by atoms with Gasteiger partial charge in [-0.2, -0.15) is 0 Å². The molecule has 0 saturated heterocycles. The summed E-state index contributed by atoms with van der Waals surface area (Å²) in [4.78, 5) is 0. The van der Waals surface area contributed by atoms with Crippen molar-refractivity contribution < 1.29 is 20.4 Å². The van der Waals surface area contributed by atoms with Crippen molar-refractivity contribution in [1.82, 2.24) is 0 Å². The van der Waals surface area contributed by atoms with Crippen LogP contribution < -0.4 is 0 Å². The predicted molar refractivity (Wildman–Crippen MR) is 333 cm³/mol. The van der Waals surface area contributed by atoms with Crippen molar-refractivity contribution in [2.45, 2.75) is 31.1 Å². The highest BCUT2D eigenvalue weighted by Crippen LogP contribution is 2.50. The second-order valence-corrected chi connectivity index (χ2v) is 20.8. The van der Waals surface area contributed by atoms with E-state index in [-0.39, 0.29) is 34.8 Å². The molecule has 12 aromatic carbocycles. The molecule has 4 nitrogen and oxygen atoms in total. The van der Waals surface area contributed by atoms with Gasteiger partial charge in [0, 0.05) is 56.3 Å². The predicted octanol–water partition coefficient (Wildman–Crippen LogP) is 20.0. The molecule has 0 unspecified atom stereocenters. The van der Waals surface area contributed by atoms with Crippen LogP contribution in [0.15, 0.2) is 291 Å². The Balaban J connectivity index is 1.08. The number of hydrogen-bond acceptors (Lipinski definition) is 4. The van der Waals surface area contributed by atoms with Gasteiger partial charge in [0.15, 0.2) is 0 Å². The fourth-order valence-electron chi connectivity index (χ4n) is 11.7. The van der Waals surface area contributed by atoms with E-state index >= 15 is 0 Å². The molecule has 0 saturated carbocycles. The largest absolute Gasteiger partial charge is 0.507 e. The smallest absolute Gasteiger partial charge is 0.131 e. The van der Waals surface area contributed by atoms with Gasteiger partial charge in [0.1, 0.15) is 23.0 Å². The van der Waals surface area contributed by atoms with Gasteiger partial charge in [-0.05, 0) is 128 Å². The third-order valence-electron chi connectivity index (χ3n) is 15.8. The lowest BCUT2D eigenvalue weighted by Gasteiger charge is -2.26. The Kier molecular flexibility index (Phi) is 14.9. The number of phenolic OH excluding ortho intramolecular Hbond substituents is 4. The highest BCUT2D eigenvalue weighted by atomic mass is 16.3. The van der Waals surface area contributed by atoms with Gasteiger partial charge in [-0.25, -0.2) is 0 Å². The molecule has 392 valence electrons. The molecule has 0 aliphatic carbocycles. The monoisotopic (exact) mass is 1050 g/mol. The Morgan fingerprint density at radius 1 is 0.198 bits per heavy atom. The molecule has 0 aliphatic heterocycles. The molecule has 0 aliphatic rings. The summed E-state index contributed by atoms with van der Waals surface area (Å²) < 4.78 is 0. The summed E-state index contributed by atoms with van der Waals surface area (Å²) in [5.41, 5.74) is 17.2. The van der Waals surface area contributed by atoms with E-state index in [1.165, 1.54) is 0 Å². The lowest BCUT2D eigenvalue weighted by atomic mass is 9.78. The zero-order valence-corrected chi connectivity index (χ0v) is 44.8. The molecule has 12 aromatic rings. The zero-order chi connectivity index (χ0) is 55.1. The summed E-state index contributed by atoms with van der Waals surface area (Å²) >= 11 is 0. The fraction of sp³-hybridized carbons (Fsp3) is 0.0649. The van der Waals surface area contributed by atoms with Gasteiger partial charge in [0.05, 0.1) is 0 Å². The molecule has 81 heavy (non-hydrogen) atoms. The van der Waals surface area contributed by atoms with Crippen molar-refractivity contribution in [3.63, 3.8) is 0 Å². The topological polar surface area (TPSA) is 80.9 Å². The SMILES string of the molecule is Oc1c(-c2ccccc2)cc(C(CCCC(c2cc(-c3ccccc3)c(O)c(-c3ccccc3)c2)c2cc(-c3ccccc3)c(O)c(-c3ccccc3)c2)c2cc(-c3ccccc3)c(O)c(-c3ccccc3)c2)cc1-c1ccccc1. The lowest BCUT2D eigenvalue weighted by molar-refractivity contribution is 0.478. The molecule has 0 radical (unpaired) electrons. The molecular formula is C77H60O4. The first-order chi connectivity index (χ1) is 39.9. The van der Waals surface area contributed by atoms with Crippen LogP contribution in [0.5, 0.6) is 23.0 Å². The molecule has 0 atom stereocenters. The minimum atomic E-state index is -0.249. The van der Waals surface area contributed by atoms with Crippen LogP contribution in [0.1, 0.15) is 53.4 Å². The highest BCUT2D eigenvalue weighted by molar-refractivity contribution is 5.88. The van der Waals surface area contributed by atoms with E-state index in [0.29, 0.717) is 19.3 Å². The second kappa shape index (κ2) is 23.4. The lowest BCUT2D eigenvalue weighted by Crippen LogP contribution is -2.08. The van der Waals surface area contributed by atoms with Gasteiger partial charge in [-0.15, -0.1) is 0 Å². The number of phenols is 4. The summed E-state index contributed by atoms with van der Waals surface area (Å²) in [6, 6.07) is 98.1. The quantitative estimate of drug-likeness (QED) is 0.0777. The standard InChI is InChI=1S/C77H60O4/c78-74-66(52-26-9-1-10-27-52)44-60(45-67(74)53-28-11-2-12-29-53)64(61-46-68(54-30-13-3-14-31-54)75(79)69(47-61)55-32-15-4-16-33-55)42-25-43-65(62-48-70(56-34-17-5-18-35-56)76(80)71(49-62)57-36-19-6-20-37-57)63-50-72(58-38-21-7-22-39-58)77(81)73(51-63)59-40-23-8-24-41-59/h1-24,26-41,44-51,64-65,78-81H,25,42-43H2. The molecule has 0 spiro atoms. The van der Waals surface area contributed by atoms with Gasteiger partial charge in [-0.1, -0.05) is 249 Å². The molecule has 0 fully saturated rings. The van der Waals surface area contributed by atoms with Crippen LogP contribution in [-0.2, 0) is 0 Å². The van der Waals surface area contributed by atoms with Crippen molar-refractivity contribution >= 4 is 0 Å².